The number of benzene rings is 1. The van der Waals surface area contributed by atoms with Crippen molar-refractivity contribution in [1.82, 2.24) is 0 Å². The van der Waals surface area contributed by atoms with Crippen molar-refractivity contribution in [2.45, 2.75) is 45.6 Å². The average Bonchev–Trinajstić information content (AvgIpc) is 2.56. The first kappa shape index (κ1) is 16.3. The van der Waals surface area contributed by atoms with Gasteiger partial charge < -0.3 is 9.47 Å². The number of carbonyl (C=O) groups is 1. The van der Waals surface area contributed by atoms with Crippen LogP contribution in [-0.2, 0) is 4.79 Å². The Labute approximate surface area is 132 Å². The Kier molecular flexibility index (Phi) is 5.42. The molecule has 2 rings (SSSR count). The van der Waals surface area contributed by atoms with E-state index >= 15 is 0 Å². The molecule has 1 atom stereocenters. The molecular formula is C19H24O3. The van der Waals surface area contributed by atoms with E-state index in [2.05, 4.69) is 20.8 Å². The van der Waals surface area contributed by atoms with Crippen LogP contribution >= 0.6 is 0 Å². The molecule has 0 amide bonds. The summed E-state index contributed by atoms with van der Waals surface area (Å²) in [7, 11) is 0. The average molecular weight is 300 g/mol. The maximum absolute atomic E-state index is 12.1. The molecule has 3 heteroatoms. The van der Waals surface area contributed by atoms with Gasteiger partial charge in [-0.3, -0.25) is 4.79 Å². The van der Waals surface area contributed by atoms with Crippen LogP contribution in [0.1, 0.15) is 40.0 Å². The van der Waals surface area contributed by atoms with Crippen molar-refractivity contribution in [2.75, 3.05) is 0 Å². The van der Waals surface area contributed by atoms with Gasteiger partial charge in [-0.05, 0) is 38.3 Å². The van der Waals surface area contributed by atoms with Crippen LogP contribution in [-0.4, -0.2) is 11.6 Å². The third kappa shape index (κ3) is 4.23. The van der Waals surface area contributed by atoms with Gasteiger partial charge >= 0.3 is 5.97 Å². The van der Waals surface area contributed by atoms with Crippen molar-refractivity contribution >= 4 is 5.97 Å². The minimum atomic E-state index is -0.230. The summed E-state index contributed by atoms with van der Waals surface area (Å²) in [6.07, 6.45) is 10.2. The second-order valence-electron chi connectivity index (χ2n) is 5.81. The summed E-state index contributed by atoms with van der Waals surface area (Å²) in [6, 6.07) is 7.30. The zero-order valence-electron chi connectivity index (χ0n) is 13.5. The van der Waals surface area contributed by atoms with Crippen molar-refractivity contribution < 1.29 is 14.3 Å². The molecule has 0 N–H and O–H groups in total. The van der Waals surface area contributed by atoms with Crippen LogP contribution in [0.2, 0.25) is 0 Å². The molecular weight excluding hydrogens is 276 g/mol. The molecule has 1 aromatic rings. The number of allylic oxidation sites excluding steroid dienone is 3. The molecule has 1 aliphatic carbocycles. The van der Waals surface area contributed by atoms with Gasteiger partial charge in [0.05, 0.1) is 5.92 Å². The van der Waals surface area contributed by atoms with E-state index in [1.807, 2.05) is 36.4 Å². The number of ether oxygens (including phenoxy) is 2. The summed E-state index contributed by atoms with van der Waals surface area (Å²) >= 11 is 0. The SMILES string of the molecule is CCC(C)(CC)Oc1cccc(OC(=O)C2C=CC=CC2)c1. The van der Waals surface area contributed by atoms with E-state index in [0.717, 1.165) is 18.6 Å². The van der Waals surface area contributed by atoms with Crippen LogP contribution in [0.4, 0.5) is 0 Å². The minimum absolute atomic E-state index is 0.195. The van der Waals surface area contributed by atoms with Gasteiger partial charge in [-0.25, -0.2) is 0 Å². The number of carbonyl (C=O) groups excluding carboxylic acids is 1. The molecule has 0 saturated carbocycles. The van der Waals surface area contributed by atoms with Gasteiger partial charge in [0.2, 0.25) is 0 Å². The Balaban J connectivity index is 2.03. The first-order valence-corrected chi connectivity index (χ1v) is 7.90. The highest BCUT2D eigenvalue weighted by Gasteiger charge is 2.22. The highest BCUT2D eigenvalue weighted by molar-refractivity contribution is 5.77. The van der Waals surface area contributed by atoms with Crippen LogP contribution in [0, 0.1) is 5.92 Å². The lowest BCUT2D eigenvalue weighted by Crippen LogP contribution is -2.30. The molecule has 0 spiro atoms. The van der Waals surface area contributed by atoms with E-state index in [1.54, 1.807) is 12.1 Å². The van der Waals surface area contributed by atoms with Gasteiger partial charge in [0.15, 0.2) is 0 Å². The van der Waals surface area contributed by atoms with E-state index < -0.39 is 0 Å². The third-order valence-corrected chi connectivity index (χ3v) is 4.17. The summed E-state index contributed by atoms with van der Waals surface area (Å²) in [5.41, 5.74) is -0.195. The van der Waals surface area contributed by atoms with Gasteiger partial charge in [0, 0.05) is 6.07 Å². The molecule has 1 aromatic carbocycles. The van der Waals surface area contributed by atoms with E-state index in [-0.39, 0.29) is 17.5 Å². The standard InChI is InChI=1S/C19H24O3/c1-4-19(3,5-2)22-17-13-9-12-16(14-17)21-18(20)15-10-7-6-8-11-15/h6-10,12-15H,4-5,11H2,1-3H3. The molecule has 118 valence electrons. The van der Waals surface area contributed by atoms with E-state index in [1.165, 1.54) is 0 Å². The molecule has 0 saturated heterocycles. The maximum atomic E-state index is 12.1. The first-order valence-electron chi connectivity index (χ1n) is 7.90. The molecule has 0 heterocycles. The van der Waals surface area contributed by atoms with Crippen molar-refractivity contribution in [3.8, 4) is 11.5 Å². The van der Waals surface area contributed by atoms with Crippen LogP contribution in [0.5, 0.6) is 11.5 Å². The van der Waals surface area contributed by atoms with Crippen molar-refractivity contribution in [3.63, 3.8) is 0 Å². The van der Waals surface area contributed by atoms with E-state index in [0.29, 0.717) is 12.2 Å². The van der Waals surface area contributed by atoms with E-state index in [9.17, 15) is 4.79 Å². The second-order valence-corrected chi connectivity index (χ2v) is 5.81. The number of esters is 1. The van der Waals surface area contributed by atoms with Crippen LogP contribution < -0.4 is 9.47 Å². The fourth-order valence-corrected chi connectivity index (χ4v) is 2.23. The molecule has 1 aliphatic rings. The van der Waals surface area contributed by atoms with Crippen LogP contribution in [0.25, 0.3) is 0 Å². The Bertz CT molecular complexity index is 568. The fourth-order valence-electron chi connectivity index (χ4n) is 2.23. The molecule has 0 radical (unpaired) electrons. The highest BCUT2D eigenvalue weighted by Crippen LogP contribution is 2.27. The van der Waals surface area contributed by atoms with Gasteiger partial charge in [-0.1, -0.05) is 44.2 Å². The Morgan fingerprint density at radius 1 is 1.23 bits per heavy atom. The maximum Gasteiger partial charge on any atom is 0.318 e. The lowest BCUT2D eigenvalue weighted by Gasteiger charge is -2.28. The number of rotatable bonds is 6. The zero-order chi connectivity index (χ0) is 16.0. The summed E-state index contributed by atoms with van der Waals surface area (Å²) in [4.78, 5) is 12.1. The topological polar surface area (TPSA) is 35.5 Å². The Morgan fingerprint density at radius 2 is 1.95 bits per heavy atom. The van der Waals surface area contributed by atoms with Crippen molar-refractivity contribution in [3.05, 3.63) is 48.6 Å². The summed E-state index contributed by atoms with van der Waals surface area (Å²) in [5.74, 6) is 0.827. The van der Waals surface area contributed by atoms with Crippen molar-refractivity contribution in [1.29, 1.82) is 0 Å². The number of hydrogen-bond acceptors (Lipinski definition) is 3. The van der Waals surface area contributed by atoms with Crippen molar-refractivity contribution in [2.24, 2.45) is 5.92 Å². The van der Waals surface area contributed by atoms with E-state index in [4.69, 9.17) is 9.47 Å². The Hall–Kier alpha value is -2.03. The summed E-state index contributed by atoms with van der Waals surface area (Å²) in [6.45, 7) is 6.30. The van der Waals surface area contributed by atoms with Gasteiger partial charge in [-0.15, -0.1) is 0 Å². The smallest absolute Gasteiger partial charge is 0.318 e. The quantitative estimate of drug-likeness (QED) is 0.565. The molecule has 3 nitrogen and oxygen atoms in total. The van der Waals surface area contributed by atoms with Crippen LogP contribution in [0.3, 0.4) is 0 Å². The molecule has 0 aromatic heterocycles. The molecule has 22 heavy (non-hydrogen) atoms. The lowest BCUT2D eigenvalue weighted by molar-refractivity contribution is -0.137. The monoisotopic (exact) mass is 300 g/mol. The predicted molar refractivity (Wildman–Crippen MR) is 88.1 cm³/mol. The zero-order valence-corrected chi connectivity index (χ0v) is 13.5. The van der Waals surface area contributed by atoms with Gasteiger partial charge in [0.1, 0.15) is 17.1 Å². The highest BCUT2D eigenvalue weighted by atomic mass is 16.5. The fraction of sp³-hybridized carbons (Fsp3) is 0.421. The number of hydrogen-bond donors (Lipinski definition) is 0. The van der Waals surface area contributed by atoms with Gasteiger partial charge in [-0.2, -0.15) is 0 Å². The normalized spacial score (nSPS) is 17.3. The summed E-state index contributed by atoms with van der Waals surface area (Å²) in [5, 5.41) is 0. The molecule has 1 unspecified atom stereocenters. The van der Waals surface area contributed by atoms with Gasteiger partial charge in [0.25, 0.3) is 0 Å². The largest absolute Gasteiger partial charge is 0.487 e. The minimum Gasteiger partial charge on any atom is -0.487 e. The molecule has 0 bridgehead atoms. The Morgan fingerprint density at radius 3 is 2.59 bits per heavy atom. The van der Waals surface area contributed by atoms with Crippen LogP contribution in [0.15, 0.2) is 48.6 Å². The summed E-state index contributed by atoms with van der Waals surface area (Å²) < 4.78 is 11.5. The second kappa shape index (κ2) is 7.30. The lowest BCUT2D eigenvalue weighted by atomic mass is 10.00. The predicted octanol–water partition coefficient (Wildman–Crippen LogP) is 4.68. The first-order chi connectivity index (χ1) is 10.6. The third-order valence-electron chi connectivity index (χ3n) is 4.17. The molecule has 0 fully saturated rings. The molecule has 0 aliphatic heterocycles.